The smallest absolute Gasteiger partial charge is 0.213 e. The van der Waals surface area contributed by atoms with Crippen LogP contribution in [-0.2, 0) is 17.8 Å². The van der Waals surface area contributed by atoms with Crippen LogP contribution in [0.1, 0.15) is 56.5 Å². The van der Waals surface area contributed by atoms with Gasteiger partial charge in [0.2, 0.25) is 5.88 Å². The molecule has 0 radical (unpaired) electrons. The van der Waals surface area contributed by atoms with Crippen LogP contribution < -0.4 is 14.4 Å². The Labute approximate surface area is 211 Å². The van der Waals surface area contributed by atoms with Crippen molar-refractivity contribution in [3.05, 3.63) is 46.0 Å². The first-order valence-corrected chi connectivity index (χ1v) is 13.5. The van der Waals surface area contributed by atoms with Gasteiger partial charge in [-0.2, -0.15) is 5.10 Å². The number of aryl methyl sites for hydroxylation is 1. The molecule has 5 rings (SSSR count). The second-order valence-corrected chi connectivity index (χ2v) is 13.1. The summed E-state index contributed by atoms with van der Waals surface area (Å²) in [4.78, 5) is 11.7. The number of methoxy groups -OCH3 is 1. The van der Waals surface area contributed by atoms with E-state index in [0.29, 0.717) is 5.88 Å². The Morgan fingerprint density at radius 3 is 2.71 bits per heavy atom. The molecule has 1 unspecified atom stereocenters. The highest BCUT2D eigenvalue weighted by Gasteiger charge is 2.51. The summed E-state index contributed by atoms with van der Waals surface area (Å²) < 4.78 is 24.5. The number of halogens is 1. The van der Waals surface area contributed by atoms with E-state index in [1.165, 1.54) is 5.56 Å². The largest absolute Gasteiger partial charge is 0.598 e. The number of ether oxygens (including phenoxy) is 1. The summed E-state index contributed by atoms with van der Waals surface area (Å²) in [5.41, 5.74) is 4.26. The van der Waals surface area contributed by atoms with Gasteiger partial charge in [0, 0.05) is 42.1 Å². The first-order chi connectivity index (χ1) is 16.1. The fourth-order valence-electron chi connectivity index (χ4n) is 5.20. The van der Waals surface area contributed by atoms with E-state index in [-0.39, 0.29) is 16.2 Å². The van der Waals surface area contributed by atoms with Gasteiger partial charge in [-0.15, -0.1) is 4.72 Å². The summed E-state index contributed by atoms with van der Waals surface area (Å²) in [6.07, 6.45) is 6.55. The Morgan fingerprint density at radius 2 is 2.03 bits per heavy atom. The number of nitrogens with zero attached hydrogens (tertiary/aromatic N) is 5. The van der Waals surface area contributed by atoms with Crippen LogP contribution in [0.25, 0.3) is 5.52 Å². The lowest BCUT2D eigenvalue weighted by Crippen LogP contribution is -2.50. The molecule has 8 nitrogen and oxygen atoms in total. The number of rotatable bonds is 4. The standard InChI is InChI=1S/C24H31BrN6O2S/c1-15-21(25)31-18(6-9-27-31)22(28-15)30-10-7-24(8-11-30)13-16-12-19(33-5)26-14-17(16)20(24)29-34(32)23(2,3)4/h6,9,12,14,20,29H,7-8,10-11,13H2,1-5H3/t20-,34?/m1/s1. The molecule has 34 heavy (non-hydrogen) atoms. The molecule has 3 aromatic rings. The topological polar surface area (TPSA) is 90.6 Å². The van der Waals surface area contributed by atoms with Gasteiger partial charge in [-0.25, -0.2) is 14.5 Å². The number of aromatic nitrogens is 4. The molecule has 0 amide bonds. The molecule has 0 aromatic carbocycles. The highest BCUT2D eigenvalue weighted by Crippen LogP contribution is 2.53. The van der Waals surface area contributed by atoms with Gasteiger partial charge in [0.15, 0.2) is 5.82 Å². The van der Waals surface area contributed by atoms with Gasteiger partial charge in [-0.3, -0.25) is 0 Å². The molecule has 1 spiro atoms. The van der Waals surface area contributed by atoms with E-state index < -0.39 is 11.4 Å². The van der Waals surface area contributed by atoms with Gasteiger partial charge < -0.3 is 14.2 Å². The van der Waals surface area contributed by atoms with Crippen LogP contribution in [-0.4, -0.2) is 49.1 Å². The molecule has 182 valence electrons. The quantitative estimate of drug-likeness (QED) is 0.491. The highest BCUT2D eigenvalue weighted by atomic mass is 79.9. The summed E-state index contributed by atoms with van der Waals surface area (Å²) in [6, 6.07) is 4.04. The predicted octanol–water partition coefficient (Wildman–Crippen LogP) is 4.14. The van der Waals surface area contributed by atoms with Crippen LogP contribution in [0.3, 0.4) is 0 Å². The van der Waals surface area contributed by atoms with Crippen molar-refractivity contribution in [3.63, 3.8) is 0 Å². The van der Waals surface area contributed by atoms with Crippen LogP contribution in [0.5, 0.6) is 5.88 Å². The zero-order valence-corrected chi connectivity index (χ0v) is 22.7. The normalized spacial score (nSPS) is 20.7. The van der Waals surface area contributed by atoms with Crippen LogP contribution in [0.15, 0.2) is 29.1 Å². The molecule has 2 aliphatic rings. The maximum atomic E-state index is 13.2. The van der Waals surface area contributed by atoms with Gasteiger partial charge in [0.1, 0.15) is 14.9 Å². The van der Waals surface area contributed by atoms with Crippen molar-refractivity contribution in [3.8, 4) is 5.88 Å². The lowest BCUT2D eigenvalue weighted by molar-refractivity contribution is 0.176. The summed E-state index contributed by atoms with van der Waals surface area (Å²) in [7, 11) is 1.65. The van der Waals surface area contributed by atoms with E-state index >= 15 is 0 Å². The Hall–Kier alpha value is -1.88. The number of pyridine rings is 1. The monoisotopic (exact) mass is 546 g/mol. The van der Waals surface area contributed by atoms with Crippen LogP contribution in [0.4, 0.5) is 5.82 Å². The Morgan fingerprint density at radius 1 is 1.29 bits per heavy atom. The van der Waals surface area contributed by atoms with Crippen molar-refractivity contribution in [1.29, 1.82) is 0 Å². The number of hydrogen-bond donors (Lipinski definition) is 1. The van der Waals surface area contributed by atoms with Crippen LogP contribution in [0, 0.1) is 12.3 Å². The van der Waals surface area contributed by atoms with Crippen molar-refractivity contribution in [2.45, 2.75) is 57.7 Å². The molecule has 1 N–H and O–H groups in total. The zero-order chi connectivity index (χ0) is 24.3. The lowest BCUT2D eigenvalue weighted by Gasteiger charge is -2.44. The van der Waals surface area contributed by atoms with Gasteiger partial charge in [-0.05, 0) is 80.1 Å². The molecule has 2 atom stereocenters. The molecular weight excluding hydrogens is 516 g/mol. The molecular formula is C24H31BrN6O2S. The van der Waals surface area contributed by atoms with Gasteiger partial charge in [0.25, 0.3) is 0 Å². The minimum absolute atomic E-state index is 0.0160. The fourth-order valence-corrected chi connectivity index (χ4v) is 6.52. The van der Waals surface area contributed by atoms with Gasteiger partial charge >= 0.3 is 0 Å². The summed E-state index contributed by atoms with van der Waals surface area (Å²) >= 11 is 2.42. The van der Waals surface area contributed by atoms with Crippen molar-refractivity contribution in [2.24, 2.45) is 5.41 Å². The van der Waals surface area contributed by atoms with Gasteiger partial charge in [0.05, 0.1) is 25.0 Å². The molecule has 4 heterocycles. The van der Waals surface area contributed by atoms with E-state index in [0.717, 1.165) is 59.5 Å². The van der Waals surface area contributed by atoms with E-state index in [2.05, 4.69) is 35.6 Å². The second-order valence-electron chi connectivity index (χ2n) is 10.3. The highest BCUT2D eigenvalue weighted by molar-refractivity contribution is 9.10. The maximum absolute atomic E-state index is 13.2. The molecule has 1 aliphatic heterocycles. The SMILES string of the molecule is COc1cc2c(cn1)[C@@H](N[S+]([O-])C(C)(C)C)C1(CCN(c3nc(C)c(Br)n4nccc34)CC1)C2. The van der Waals surface area contributed by atoms with Crippen LogP contribution >= 0.6 is 15.9 Å². The number of hydrogen-bond acceptors (Lipinski definition) is 7. The Kier molecular flexibility index (Phi) is 6.07. The molecule has 1 aliphatic carbocycles. The summed E-state index contributed by atoms with van der Waals surface area (Å²) in [6.45, 7) is 9.75. The first-order valence-electron chi connectivity index (χ1n) is 11.6. The molecule has 10 heteroatoms. The average Bonchev–Trinajstić information content (AvgIpc) is 3.40. The summed E-state index contributed by atoms with van der Waals surface area (Å²) in [5, 5.41) is 4.46. The van der Waals surface area contributed by atoms with Gasteiger partial charge in [-0.1, -0.05) is 0 Å². The molecule has 1 fully saturated rings. The number of nitrogens with one attached hydrogen (secondary N) is 1. The van der Waals surface area contributed by atoms with E-state index in [1.54, 1.807) is 7.11 Å². The van der Waals surface area contributed by atoms with E-state index in [1.807, 2.05) is 56.7 Å². The number of piperidine rings is 1. The molecule has 0 bridgehead atoms. The number of anilines is 1. The number of fused-ring (bicyclic) bond motifs is 2. The van der Waals surface area contributed by atoms with Crippen molar-refractivity contribution >= 4 is 38.6 Å². The third kappa shape index (κ3) is 3.98. The van der Waals surface area contributed by atoms with Crippen molar-refractivity contribution in [1.82, 2.24) is 24.3 Å². The fraction of sp³-hybridized carbons (Fsp3) is 0.542. The average molecular weight is 548 g/mol. The van der Waals surface area contributed by atoms with Crippen molar-refractivity contribution < 1.29 is 9.29 Å². The third-order valence-corrected chi connectivity index (χ3v) is 9.62. The second kappa shape index (κ2) is 8.65. The lowest BCUT2D eigenvalue weighted by atomic mass is 9.73. The van der Waals surface area contributed by atoms with E-state index in [9.17, 15) is 4.55 Å². The van der Waals surface area contributed by atoms with Crippen molar-refractivity contribution in [2.75, 3.05) is 25.1 Å². The third-order valence-electron chi connectivity index (χ3n) is 7.14. The Balaban J connectivity index is 1.45. The molecule has 1 saturated heterocycles. The first kappa shape index (κ1) is 23.8. The minimum Gasteiger partial charge on any atom is -0.598 e. The predicted molar refractivity (Wildman–Crippen MR) is 138 cm³/mol. The molecule has 0 saturated carbocycles. The van der Waals surface area contributed by atoms with E-state index in [4.69, 9.17) is 9.72 Å². The summed E-state index contributed by atoms with van der Waals surface area (Å²) in [5.74, 6) is 1.59. The zero-order valence-electron chi connectivity index (χ0n) is 20.3. The van der Waals surface area contributed by atoms with Crippen LogP contribution in [0.2, 0.25) is 0 Å². The molecule has 3 aromatic heterocycles. The minimum atomic E-state index is -1.18. The maximum Gasteiger partial charge on any atom is 0.213 e. The Bertz CT molecular complexity index is 1220.